The molecule has 2 aromatic rings. The van der Waals surface area contributed by atoms with E-state index < -0.39 is 0 Å². The van der Waals surface area contributed by atoms with E-state index in [9.17, 15) is 4.39 Å². The van der Waals surface area contributed by atoms with Crippen LogP contribution in [-0.4, -0.2) is 11.5 Å². The normalized spacial score (nSPS) is 10.6. The molecule has 0 aliphatic heterocycles. The Kier molecular flexibility index (Phi) is 5.49. The lowest BCUT2D eigenvalue weighted by Gasteiger charge is -2.09. The highest BCUT2D eigenvalue weighted by Crippen LogP contribution is 2.19. The first-order valence-electron chi connectivity index (χ1n) is 6.41. The second kappa shape index (κ2) is 7.36. The van der Waals surface area contributed by atoms with Crippen molar-refractivity contribution >= 4 is 15.9 Å². The lowest BCUT2D eigenvalue weighted by molar-refractivity contribution is 0.285. The van der Waals surface area contributed by atoms with Crippen molar-refractivity contribution in [3.63, 3.8) is 0 Å². The number of pyridine rings is 1. The maximum absolute atomic E-state index is 13.9. The van der Waals surface area contributed by atoms with Gasteiger partial charge in [0.25, 0.3) is 0 Å². The number of ether oxygens (including phenoxy) is 1. The fourth-order valence-corrected chi connectivity index (χ4v) is 1.92. The first-order valence-corrected chi connectivity index (χ1v) is 7.20. The summed E-state index contributed by atoms with van der Waals surface area (Å²) in [5.41, 5.74) is 1.66. The molecule has 0 unspecified atom stereocenters. The molecule has 0 spiro atoms. The highest BCUT2D eigenvalue weighted by Gasteiger charge is 2.05. The minimum Gasteiger partial charge on any atom is -0.484 e. The molecule has 106 valence electrons. The molecule has 0 saturated carbocycles. The number of aromatic nitrogens is 1. The zero-order chi connectivity index (χ0) is 14.4. The molecule has 1 aromatic carbocycles. The standard InChI is InChI=1S/C15H16BrFN2O/c1-2-18-8-11-3-6-15(14(17)7-11)20-10-13-5-4-12(16)9-19-13/h3-7,9,18H,2,8,10H2,1H3. The van der Waals surface area contributed by atoms with Gasteiger partial charge in [0, 0.05) is 17.2 Å². The van der Waals surface area contributed by atoms with Gasteiger partial charge >= 0.3 is 0 Å². The molecule has 0 aliphatic carbocycles. The second-order valence-electron chi connectivity index (χ2n) is 4.30. The SMILES string of the molecule is CCNCc1ccc(OCc2ccc(Br)cn2)c(F)c1. The van der Waals surface area contributed by atoms with Crippen molar-refractivity contribution in [2.45, 2.75) is 20.1 Å². The molecule has 0 saturated heterocycles. The van der Waals surface area contributed by atoms with Crippen molar-refractivity contribution in [1.82, 2.24) is 10.3 Å². The zero-order valence-electron chi connectivity index (χ0n) is 11.2. The molecule has 0 fully saturated rings. The Hall–Kier alpha value is -1.46. The monoisotopic (exact) mass is 338 g/mol. The number of nitrogens with one attached hydrogen (secondary N) is 1. The predicted octanol–water partition coefficient (Wildman–Crippen LogP) is 3.67. The van der Waals surface area contributed by atoms with E-state index in [4.69, 9.17) is 4.74 Å². The van der Waals surface area contributed by atoms with Crippen molar-refractivity contribution in [3.8, 4) is 5.75 Å². The summed E-state index contributed by atoms with van der Waals surface area (Å²) < 4.78 is 20.2. The van der Waals surface area contributed by atoms with Crippen LogP contribution in [0.2, 0.25) is 0 Å². The van der Waals surface area contributed by atoms with Gasteiger partial charge in [0.15, 0.2) is 11.6 Å². The van der Waals surface area contributed by atoms with E-state index >= 15 is 0 Å². The molecule has 20 heavy (non-hydrogen) atoms. The second-order valence-corrected chi connectivity index (χ2v) is 5.22. The Labute approximate surface area is 126 Å². The van der Waals surface area contributed by atoms with E-state index in [0.717, 1.165) is 22.3 Å². The Morgan fingerprint density at radius 2 is 2.15 bits per heavy atom. The zero-order valence-corrected chi connectivity index (χ0v) is 12.8. The molecular formula is C15H16BrFN2O. The molecule has 1 heterocycles. The highest BCUT2D eigenvalue weighted by molar-refractivity contribution is 9.10. The molecule has 2 rings (SSSR count). The van der Waals surface area contributed by atoms with Crippen LogP contribution < -0.4 is 10.1 Å². The van der Waals surface area contributed by atoms with Gasteiger partial charge in [-0.2, -0.15) is 0 Å². The fourth-order valence-electron chi connectivity index (χ4n) is 1.68. The maximum atomic E-state index is 13.9. The smallest absolute Gasteiger partial charge is 0.165 e. The maximum Gasteiger partial charge on any atom is 0.165 e. The first-order chi connectivity index (χ1) is 9.69. The first kappa shape index (κ1) is 14.9. The van der Waals surface area contributed by atoms with Crippen molar-refractivity contribution in [3.05, 3.63) is 58.1 Å². The van der Waals surface area contributed by atoms with Crippen LogP contribution in [0.25, 0.3) is 0 Å². The van der Waals surface area contributed by atoms with Gasteiger partial charge in [-0.3, -0.25) is 4.98 Å². The van der Waals surface area contributed by atoms with Crippen molar-refractivity contribution in [1.29, 1.82) is 0 Å². The summed E-state index contributed by atoms with van der Waals surface area (Å²) in [6, 6.07) is 8.72. The minimum atomic E-state index is -0.350. The third-order valence-corrected chi connectivity index (χ3v) is 3.21. The number of halogens is 2. The minimum absolute atomic E-state index is 0.245. The average Bonchev–Trinajstić information content (AvgIpc) is 2.46. The number of nitrogens with zero attached hydrogens (tertiary/aromatic N) is 1. The van der Waals surface area contributed by atoms with Gasteiger partial charge in [0.05, 0.1) is 5.69 Å². The molecule has 3 nitrogen and oxygen atoms in total. The number of hydrogen-bond donors (Lipinski definition) is 1. The van der Waals surface area contributed by atoms with Gasteiger partial charge < -0.3 is 10.1 Å². The lowest BCUT2D eigenvalue weighted by atomic mass is 10.2. The molecule has 1 aromatic heterocycles. The molecule has 0 aliphatic rings. The summed E-state index contributed by atoms with van der Waals surface area (Å²) in [4.78, 5) is 4.18. The molecule has 5 heteroatoms. The molecule has 0 atom stereocenters. The number of hydrogen-bond acceptors (Lipinski definition) is 3. The summed E-state index contributed by atoms with van der Waals surface area (Å²) in [5, 5.41) is 3.15. The molecular weight excluding hydrogens is 323 g/mol. The third kappa shape index (κ3) is 4.28. The summed E-state index contributed by atoms with van der Waals surface area (Å²) in [7, 11) is 0. The van der Waals surface area contributed by atoms with Crippen LogP contribution in [0.4, 0.5) is 4.39 Å². The van der Waals surface area contributed by atoms with E-state index in [2.05, 4.69) is 26.2 Å². The molecule has 0 radical (unpaired) electrons. The van der Waals surface area contributed by atoms with Gasteiger partial charge in [-0.25, -0.2) is 4.39 Å². The van der Waals surface area contributed by atoms with E-state index in [1.54, 1.807) is 12.3 Å². The van der Waals surface area contributed by atoms with Crippen LogP contribution in [0.5, 0.6) is 5.75 Å². The van der Waals surface area contributed by atoms with E-state index in [1.807, 2.05) is 25.1 Å². The van der Waals surface area contributed by atoms with Crippen molar-refractivity contribution in [2.24, 2.45) is 0 Å². The Balaban J connectivity index is 1.97. The number of rotatable bonds is 6. The van der Waals surface area contributed by atoms with Crippen LogP contribution in [0, 0.1) is 5.82 Å². The van der Waals surface area contributed by atoms with Gasteiger partial charge in [0.2, 0.25) is 0 Å². The highest BCUT2D eigenvalue weighted by atomic mass is 79.9. The van der Waals surface area contributed by atoms with Gasteiger partial charge in [-0.05, 0) is 52.3 Å². The summed E-state index contributed by atoms with van der Waals surface area (Å²) >= 11 is 3.31. The quantitative estimate of drug-likeness (QED) is 0.872. The van der Waals surface area contributed by atoms with E-state index in [1.165, 1.54) is 6.07 Å². The average molecular weight is 339 g/mol. The van der Waals surface area contributed by atoms with Crippen LogP contribution in [0.15, 0.2) is 41.0 Å². The fraction of sp³-hybridized carbons (Fsp3) is 0.267. The Morgan fingerprint density at radius 1 is 1.30 bits per heavy atom. The Bertz CT molecular complexity index is 560. The van der Waals surface area contributed by atoms with Gasteiger partial charge in [-0.1, -0.05) is 13.0 Å². The van der Waals surface area contributed by atoms with Crippen molar-refractivity contribution in [2.75, 3.05) is 6.54 Å². The van der Waals surface area contributed by atoms with Crippen LogP contribution in [-0.2, 0) is 13.2 Å². The van der Waals surface area contributed by atoms with E-state index in [0.29, 0.717) is 6.54 Å². The molecule has 0 amide bonds. The van der Waals surface area contributed by atoms with Crippen LogP contribution in [0.1, 0.15) is 18.2 Å². The lowest BCUT2D eigenvalue weighted by Crippen LogP contribution is -2.11. The summed E-state index contributed by atoms with van der Waals surface area (Å²) in [5.74, 6) is -0.104. The predicted molar refractivity (Wildman–Crippen MR) is 80.0 cm³/mol. The van der Waals surface area contributed by atoms with Crippen molar-refractivity contribution < 1.29 is 9.13 Å². The van der Waals surface area contributed by atoms with Gasteiger partial charge in [-0.15, -0.1) is 0 Å². The largest absolute Gasteiger partial charge is 0.484 e. The van der Waals surface area contributed by atoms with Gasteiger partial charge in [0.1, 0.15) is 6.61 Å². The van der Waals surface area contributed by atoms with Crippen LogP contribution in [0.3, 0.4) is 0 Å². The topological polar surface area (TPSA) is 34.1 Å². The molecule has 1 N–H and O–H groups in total. The van der Waals surface area contributed by atoms with E-state index in [-0.39, 0.29) is 18.2 Å². The summed E-state index contributed by atoms with van der Waals surface area (Å²) in [6.45, 7) is 3.77. The Morgan fingerprint density at radius 3 is 2.80 bits per heavy atom. The summed E-state index contributed by atoms with van der Waals surface area (Å²) in [6.07, 6.45) is 1.69. The molecule has 0 bridgehead atoms. The van der Waals surface area contributed by atoms with Crippen LogP contribution >= 0.6 is 15.9 Å². The third-order valence-electron chi connectivity index (χ3n) is 2.74. The number of benzene rings is 1.